The quantitative estimate of drug-likeness (QED) is 0.630. The molecule has 2 aromatic rings. The number of benzene rings is 1. The van der Waals surface area contributed by atoms with E-state index >= 15 is 0 Å². The predicted molar refractivity (Wildman–Crippen MR) is 96.9 cm³/mol. The normalized spacial score (nSPS) is 11.0. The second-order valence-electron chi connectivity index (χ2n) is 6.61. The molecule has 0 N–H and O–H groups in total. The van der Waals surface area contributed by atoms with Gasteiger partial charge >= 0.3 is 0 Å². The average Bonchev–Trinajstić information content (AvgIpc) is 2.48. The number of allylic oxidation sites excluding steroid dienone is 1. The van der Waals surface area contributed by atoms with Crippen LogP contribution in [0.3, 0.4) is 0 Å². The summed E-state index contributed by atoms with van der Waals surface area (Å²) in [6, 6.07) is 10.8. The van der Waals surface area contributed by atoms with E-state index in [0.717, 1.165) is 23.6 Å². The number of hydrogen-bond acceptors (Lipinski definition) is 1. The van der Waals surface area contributed by atoms with Crippen molar-refractivity contribution in [3.63, 3.8) is 0 Å². The van der Waals surface area contributed by atoms with E-state index in [-0.39, 0.29) is 0 Å². The molecule has 0 aliphatic carbocycles. The summed E-state index contributed by atoms with van der Waals surface area (Å²) >= 11 is 0. The average molecular weight is 293 g/mol. The summed E-state index contributed by atoms with van der Waals surface area (Å²) in [4.78, 5) is 4.65. The summed E-state index contributed by atoms with van der Waals surface area (Å²) in [5.41, 5.74) is 7.28. The van der Waals surface area contributed by atoms with Gasteiger partial charge in [0.25, 0.3) is 0 Å². The highest BCUT2D eigenvalue weighted by Crippen LogP contribution is 2.27. The zero-order valence-corrected chi connectivity index (χ0v) is 14.3. The molecule has 0 atom stereocenters. The van der Waals surface area contributed by atoms with Gasteiger partial charge in [0.1, 0.15) is 0 Å². The van der Waals surface area contributed by atoms with E-state index in [9.17, 15) is 0 Å². The fourth-order valence-electron chi connectivity index (χ4n) is 2.83. The van der Waals surface area contributed by atoms with Gasteiger partial charge in [-0.1, -0.05) is 50.6 Å². The molecule has 1 aromatic heterocycles. The van der Waals surface area contributed by atoms with Gasteiger partial charge in [-0.05, 0) is 61.4 Å². The van der Waals surface area contributed by atoms with Crippen molar-refractivity contribution in [2.24, 2.45) is 5.92 Å². The molecular formula is C21H27N. The Morgan fingerprint density at radius 2 is 2.00 bits per heavy atom. The largest absolute Gasteiger partial charge is 0.256 e. The Morgan fingerprint density at radius 1 is 1.23 bits per heavy atom. The van der Waals surface area contributed by atoms with Gasteiger partial charge in [-0.2, -0.15) is 0 Å². The van der Waals surface area contributed by atoms with Crippen molar-refractivity contribution in [1.82, 2.24) is 4.98 Å². The number of pyridine rings is 1. The molecule has 116 valence electrons. The molecule has 0 amide bonds. The SMILES string of the molecule is C=C(C)c1cc(-c2ncccc2CCCC(C)C)ccc1C. The Kier molecular flexibility index (Phi) is 5.54. The lowest BCUT2D eigenvalue weighted by Gasteiger charge is -2.12. The molecule has 1 heteroatoms. The van der Waals surface area contributed by atoms with Crippen LogP contribution in [-0.2, 0) is 6.42 Å². The first-order chi connectivity index (χ1) is 10.5. The van der Waals surface area contributed by atoms with E-state index in [4.69, 9.17) is 0 Å². The van der Waals surface area contributed by atoms with Crippen molar-refractivity contribution in [2.45, 2.75) is 47.0 Å². The Hall–Kier alpha value is -1.89. The molecule has 0 bridgehead atoms. The Labute approximate surface area is 135 Å². The minimum absolute atomic E-state index is 0.759. The molecule has 2 rings (SSSR count). The van der Waals surface area contributed by atoms with Gasteiger partial charge in [0.05, 0.1) is 5.69 Å². The third-order valence-electron chi connectivity index (χ3n) is 4.09. The minimum atomic E-state index is 0.759. The van der Waals surface area contributed by atoms with Gasteiger partial charge < -0.3 is 0 Å². The van der Waals surface area contributed by atoms with Gasteiger partial charge in [0.2, 0.25) is 0 Å². The maximum atomic E-state index is 4.65. The van der Waals surface area contributed by atoms with E-state index in [1.807, 2.05) is 12.3 Å². The summed E-state index contributed by atoms with van der Waals surface area (Å²) in [6.07, 6.45) is 5.47. The Morgan fingerprint density at radius 3 is 2.68 bits per heavy atom. The monoisotopic (exact) mass is 293 g/mol. The Balaban J connectivity index is 2.32. The third kappa shape index (κ3) is 4.07. The van der Waals surface area contributed by atoms with Crippen LogP contribution < -0.4 is 0 Å². The number of aryl methyl sites for hydroxylation is 2. The van der Waals surface area contributed by atoms with Crippen LogP contribution in [-0.4, -0.2) is 4.98 Å². The van der Waals surface area contributed by atoms with Crippen molar-refractivity contribution < 1.29 is 0 Å². The summed E-state index contributed by atoms with van der Waals surface area (Å²) < 4.78 is 0. The van der Waals surface area contributed by atoms with Crippen LogP contribution in [0.25, 0.3) is 16.8 Å². The first kappa shape index (κ1) is 16.5. The van der Waals surface area contributed by atoms with Crippen molar-refractivity contribution in [1.29, 1.82) is 0 Å². The fourth-order valence-corrected chi connectivity index (χ4v) is 2.83. The molecule has 0 unspecified atom stereocenters. The van der Waals surface area contributed by atoms with Crippen LogP contribution in [0.4, 0.5) is 0 Å². The van der Waals surface area contributed by atoms with E-state index in [2.05, 4.69) is 63.5 Å². The molecule has 22 heavy (non-hydrogen) atoms. The van der Waals surface area contributed by atoms with Gasteiger partial charge in [-0.15, -0.1) is 0 Å². The minimum Gasteiger partial charge on any atom is -0.256 e. The molecule has 0 aliphatic heterocycles. The molecule has 1 heterocycles. The molecule has 0 saturated heterocycles. The molecule has 1 aromatic carbocycles. The summed E-state index contributed by atoms with van der Waals surface area (Å²) in [5.74, 6) is 0.759. The lowest BCUT2D eigenvalue weighted by atomic mass is 9.95. The van der Waals surface area contributed by atoms with Crippen LogP contribution >= 0.6 is 0 Å². The first-order valence-electron chi connectivity index (χ1n) is 8.20. The van der Waals surface area contributed by atoms with Crippen LogP contribution in [0.5, 0.6) is 0 Å². The Bertz CT molecular complexity index is 653. The molecule has 0 spiro atoms. The van der Waals surface area contributed by atoms with Gasteiger partial charge in [-0.3, -0.25) is 4.98 Å². The summed E-state index contributed by atoms with van der Waals surface area (Å²) in [5, 5.41) is 0. The van der Waals surface area contributed by atoms with Crippen molar-refractivity contribution in [2.75, 3.05) is 0 Å². The molecular weight excluding hydrogens is 266 g/mol. The van der Waals surface area contributed by atoms with Crippen molar-refractivity contribution >= 4 is 5.57 Å². The van der Waals surface area contributed by atoms with E-state index in [1.165, 1.54) is 35.1 Å². The lowest BCUT2D eigenvalue weighted by molar-refractivity contribution is 0.556. The zero-order valence-electron chi connectivity index (χ0n) is 14.3. The summed E-state index contributed by atoms with van der Waals surface area (Å²) in [6.45, 7) is 12.9. The molecule has 0 saturated carbocycles. The summed E-state index contributed by atoms with van der Waals surface area (Å²) in [7, 11) is 0. The van der Waals surface area contributed by atoms with E-state index in [0.29, 0.717) is 0 Å². The predicted octanol–water partition coefficient (Wildman–Crippen LogP) is 6.07. The number of nitrogens with zero attached hydrogens (tertiary/aromatic N) is 1. The highest BCUT2D eigenvalue weighted by molar-refractivity contribution is 5.72. The van der Waals surface area contributed by atoms with Crippen molar-refractivity contribution in [3.8, 4) is 11.3 Å². The molecule has 1 nitrogen and oxygen atoms in total. The van der Waals surface area contributed by atoms with Gasteiger partial charge in [0, 0.05) is 11.8 Å². The lowest BCUT2D eigenvalue weighted by Crippen LogP contribution is -1.96. The smallest absolute Gasteiger partial charge is 0.0734 e. The highest BCUT2D eigenvalue weighted by Gasteiger charge is 2.09. The van der Waals surface area contributed by atoms with Gasteiger partial charge in [0.15, 0.2) is 0 Å². The van der Waals surface area contributed by atoms with Crippen LogP contribution in [0, 0.1) is 12.8 Å². The molecule has 0 aliphatic rings. The number of aromatic nitrogens is 1. The first-order valence-corrected chi connectivity index (χ1v) is 8.20. The molecule has 0 radical (unpaired) electrons. The molecule has 0 fully saturated rings. The number of rotatable bonds is 6. The zero-order chi connectivity index (χ0) is 16.1. The topological polar surface area (TPSA) is 12.9 Å². The number of hydrogen-bond donors (Lipinski definition) is 0. The highest BCUT2D eigenvalue weighted by atomic mass is 14.7. The van der Waals surface area contributed by atoms with Crippen molar-refractivity contribution in [3.05, 3.63) is 59.8 Å². The van der Waals surface area contributed by atoms with Crippen LogP contribution in [0.2, 0.25) is 0 Å². The second-order valence-corrected chi connectivity index (χ2v) is 6.61. The van der Waals surface area contributed by atoms with E-state index < -0.39 is 0 Å². The maximum absolute atomic E-state index is 4.65. The standard InChI is InChI=1S/C21H27N/c1-15(2)8-6-9-18-10-7-13-22-21(18)19-12-11-17(5)20(14-19)16(3)4/h7,10-15H,3,6,8-9H2,1-2,4-5H3. The van der Waals surface area contributed by atoms with Crippen LogP contribution in [0.15, 0.2) is 43.1 Å². The van der Waals surface area contributed by atoms with E-state index in [1.54, 1.807) is 0 Å². The van der Waals surface area contributed by atoms with Crippen LogP contribution in [0.1, 0.15) is 50.3 Å². The fraction of sp³-hybridized carbons (Fsp3) is 0.381. The van der Waals surface area contributed by atoms with Gasteiger partial charge in [-0.25, -0.2) is 0 Å². The second kappa shape index (κ2) is 7.40. The maximum Gasteiger partial charge on any atom is 0.0734 e. The third-order valence-corrected chi connectivity index (χ3v) is 4.09.